The van der Waals surface area contributed by atoms with E-state index in [0.717, 1.165) is 23.8 Å². The highest BCUT2D eigenvalue weighted by atomic mass is 16.5. The van der Waals surface area contributed by atoms with E-state index in [0.29, 0.717) is 12.6 Å². The van der Waals surface area contributed by atoms with Crippen molar-refractivity contribution < 1.29 is 9.53 Å². The van der Waals surface area contributed by atoms with Crippen molar-refractivity contribution in [2.24, 2.45) is 5.92 Å². The fourth-order valence-corrected chi connectivity index (χ4v) is 4.50. The first-order chi connectivity index (χ1) is 11.7. The Bertz CT molecular complexity index is 558. The van der Waals surface area contributed by atoms with Gasteiger partial charge in [0.05, 0.1) is 19.7 Å². The lowest BCUT2D eigenvalue weighted by Gasteiger charge is -2.43. The fourth-order valence-electron chi connectivity index (χ4n) is 4.50. The summed E-state index contributed by atoms with van der Waals surface area (Å²) in [6.07, 6.45) is 7.88. The number of carbonyl (C=O) groups is 1. The summed E-state index contributed by atoms with van der Waals surface area (Å²) >= 11 is 0. The number of amides is 1. The lowest BCUT2D eigenvalue weighted by atomic mass is 9.78. The molecule has 4 nitrogen and oxygen atoms in total. The number of carbonyl (C=O) groups excluding carboxylic acids is 1. The van der Waals surface area contributed by atoms with Gasteiger partial charge in [-0.3, -0.25) is 9.69 Å². The predicted octanol–water partition coefficient (Wildman–Crippen LogP) is 3.53. The normalized spacial score (nSPS) is 25.6. The zero-order valence-corrected chi connectivity index (χ0v) is 15.0. The van der Waals surface area contributed by atoms with Crippen LogP contribution in [-0.2, 0) is 4.79 Å². The first-order valence-electron chi connectivity index (χ1n) is 9.35. The van der Waals surface area contributed by atoms with E-state index in [2.05, 4.69) is 10.2 Å². The molecule has 3 rings (SSSR count). The Hall–Kier alpha value is -1.55. The van der Waals surface area contributed by atoms with Crippen molar-refractivity contribution >= 4 is 5.91 Å². The zero-order valence-electron chi connectivity index (χ0n) is 15.0. The molecule has 4 heteroatoms. The van der Waals surface area contributed by atoms with Gasteiger partial charge >= 0.3 is 0 Å². The molecule has 2 fully saturated rings. The molecule has 132 valence electrons. The number of nitrogens with zero attached hydrogens (tertiary/aromatic N) is 1. The second kappa shape index (κ2) is 8.02. The molecule has 1 aromatic carbocycles. The van der Waals surface area contributed by atoms with E-state index in [1.54, 1.807) is 7.11 Å². The summed E-state index contributed by atoms with van der Waals surface area (Å²) in [4.78, 5) is 15.0. The molecular weight excluding hydrogens is 300 g/mol. The van der Waals surface area contributed by atoms with Crippen molar-refractivity contribution in [1.29, 1.82) is 0 Å². The maximum atomic E-state index is 12.6. The fraction of sp³-hybridized carbons (Fsp3) is 0.650. The molecule has 0 aromatic heterocycles. The molecule has 2 aliphatic rings. The molecule has 1 aliphatic carbocycles. The summed E-state index contributed by atoms with van der Waals surface area (Å²) in [6, 6.07) is 8.48. The average molecular weight is 330 g/mol. The Morgan fingerprint density at radius 3 is 2.83 bits per heavy atom. The molecule has 0 spiro atoms. The second-order valence-corrected chi connectivity index (χ2v) is 7.26. The Morgan fingerprint density at radius 1 is 1.25 bits per heavy atom. The van der Waals surface area contributed by atoms with Crippen LogP contribution in [0.3, 0.4) is 0 Å². The van der Waals surface area contributed by atoms with Gasteiger partial charge in [0.25, 0.3) is 0 Å². The van der Waals surface area contributed by atoms with Crippen molar-refractivity contribution in [2.45, 2.75) is 57.5 Å². The van der Waals surface area contributed by atoms with Crippen molar-refractivity contribution in [3.63, 3.8) is 0 Å². The van der Waals surface area contributed by atoms with Gasteiger partial charge in [-0.05, 0) is 51.1 Å². The lowest BCUT2D eigenvalue weighted by molar-refractivity contribution is -0.124. The Morgan fingerprint density at radius 2 is 2.00 bits per heavy atom. The van der Waals surface area contributed by atoms with Gasteiger partial charge in [-0.15, -0.1) is 0 Å². The quantitative estimate of drug-likeness (QED) is 0.898. The van der Waals surface area contributed by atoms with E-state index >= 15 is 0 Å². The maximum absolute atomic E-state index is 12.6. The Balaban J connectivity index is 1.58. The summed E-state index contributed by atoms with van der Waals surface area (Å²) in [5.74, 6) is 1.77. The number of piperidine rings is 1. The average Bonchev–Trinajstić information content (AvgIpc) is 2.62. The Labute approximate surface area is 145 Å². The molecule has 3 unspecified atom stereocenters. The van der Waals surface area contributed by atoms with Gasteiger partial charge in [-0.1, -0.05) is 31.0 Å². The summed E-state index contributed by atoms with van der Waals surface area (Å²) in [6.45, 7) is 3.62. The first-order valence-corrected chi connectivity index (χ1v) is 9.35. The predicted molar refractivity (Wildman–Crippen MR) is 96.1 cm³/mol. The summed E-state index contributed by atoms with van der Waals surface area (Å²) in [5.41, 5.74) is 1.03. The van der Waals surface area contributed by atoms with Gasteiger partial charge in [0.2, 0.25) is 5.91 Å². The minimum Gasteiger partial charge on any atom is -0.496 e. The lowest BCUT2D eigenvalue weighted by Crippen LogP contribution is -2.50. The van der Waals surface area contributed by atoms with Gasteiger partial charge < -0.3 is 10.1 Å². The van der Waals surface area contributed by atoms with Crippen LogP contribution in [0.2, 0.25) is 0 Å². The van der Waals surface area contributed by atoms with Crippen LogP contribution >= 0.6 is 0 Å². The molecule has 1 aromatic rings. The third-order valence-corrected chi connectivity index (χ3v) is 5.69. The number of benzene rings is 1. The van der Waals surface area contributed by atoms with E-state index in [9.17, 15) is 4.79 Å². The molecule has 3 atom stereocenters. The van der Waals surface area contributed by atoms with Crippen LogP contribution in [0.25, 0.3) is 0 Å². The smallest absolute Gasteiger partial charge is 0.234 e. The Kier molecular flexibility index (Phi) is 5.77. The minimum absolute atomic E-state index is 0.0411. The molecule has 0 radical (unpaired) electrons. The highest BCUT2D eigenvalue weighted by Crippen LogP contribution is 2.35. The molecule has 24 heavy (non-hydrogen) atoms. The standard InChI is InChI=1S/C20H30N2O2/c1-15(17-10-4-6-12-19(17)24-2)21-20(23)14-22-13-7-9-16-8-3-5-11-18(16)22/h4,6,10,12,15-16,18H,3,5,7-9,11,13-14H2,1-2H3,(H,21,23). The molecule has 1 saturated heterocycles. The number of rotatable bonds is 5. The molecule has 1 amide bonds. The first kappa shape index (κ1) is 17.3. The maximum Gasteiger partial charge on any atom is 0.234 e. The minimum atomic E-state index is -0.0411. The number of hydrogen-bond donors (Lipinski definition) is 1. The van der Waals surface area contributed by atoms with Crippen LogP contribution in [0.1, 0.15) is 57.1 Å². The number of methoxy groups -OCH3 is 1. The molecule has 1 saturated carbocycles. The number of hydrogen-bond acceptors (Lipinski definition) is 3. The van der Waals surface area contributed by atoms with Gasteiger partial charge in [-0.2, -0.15) is 0 Å². The van der Waals surface area contributed by atoms with Gasteiger partial charge in [0.1, 0.15) is 5.75 Å². The largest absolute Gasteiger partial charge is 0.496 e. The summed E-state index contributed by atoms with van der Waals surface area (Å²) < 4.78 is 5.41. The highest BCUT2D eigenvalue weighted by molar-refractivity contribution is 5.78. The third-order valence-electron chi connectivity index (χ3n) is 5.69. The van der Waals surface area contributed by atoms with Crippen molar-refractivity contribution in [3.05, 3.63) is 29.8 Å². The SMILES string of the molecule is COc1ccccc1C(C)NC(=O)CN1CCCC2CCCCC21. The third kappa shape index (κ3) is 3.92. The summed E-state index contributed by atoms with van der Waals surface area (Å²) in [7, 11) is 1.67. The molecule has 1 N–H and O–H groups in total. The van der Waals surface area contributed by atoms with Crippen LogP contribution < -0.4 is 10.1 Å². The molecule has 1 aliphatic heterocycles. The van der Waals surface area contributed by atoms with E-state index in [-0.39, 0.29) is 11.9 Å². The van der Waals surface area contributed by atoms with Crippen LogP contribution in [-0.4, -0.2) is 37.0 Å². The van der Waals surface area contributed by atoms with E-state index in [1.807, 2.05) is 31.2 Å². The van der Waals surface area contributed by atoms with Crippen molar-refractivity contribution in [2.75, 3.05) is 20.2 Å². The molecule has 0 bridgehead atoms. The number of fused-ring (bicyclic) bond motifs is 1. The monoisotopic (exact) mass is 330 g/mol. The number of ether oxygens (including phenoxy) is 1. The van der Waals surface area contributed by atoms with E-state index in [1.165, 1.54) is 38.5 Å². The number of nitrogens with one attached hydrogen (secondary N) is 1. The molecular formula is C20H30N2O2. The van der Waals surface area contributed by atoms with Crippen molar-refractivity contribution in [1.82, 2.24) is 10.2 Å². The topological polar surface area (TPSA) is 41.6 Å². The second-order valence-electron chi connectivity index (χ2n) is 7.26. The van der Waals surface area contributed by atoms with E-state index < -0.39 is 0 Å². The van der Waals surface area contributed by atoms with Crippen LogP contribution in [0.15, 0.2) is 24.3 Å². The zero-order chi connectivity index (χ0) is 16.9. The molecule has 1 heterocycles. The number of likely N-dealkylation sites (tertiary alicyclic amines) is 1. The van der Waals surface area contributed by atoms with Crippen LogP contribution in [0.4, 0.5) is 0 Å². The van der Waals surface area contributed by atoms with Crippen LogP contribution in [0, 0.1) is 5.92 Å². The van der Waals surface area contributed by atoms with Gasteiger partial charge in [0, 0.05) is 11.6 Å². The van der Waals surface area contributed by atoms with Gasteiger partial charge in [0.15, 0.2) is 0 Å². The van der Waals surface area contributed by atoms with Crippen molar-refractivity contribution in [3.8, 4) is 5.75 Å². The summed E-state index contributed by atoms with van der Waals surface area (Å²) in [5, 5.41) is 3.15. The highest BCUT2D eigenvalue weighted by Gasteiger charge is 2.34. The number of para-hydroxylation sites is 1. The van der Waals surface area contributed by atoms with Crippen LogP contribution in [0.5, 0.6) is 5.75 Å². The van der Waals surface area contributed by atoms with E-state index in [4.69, 9.17) is 4.74 Å². The van der Waals surface area contributed by atoms with Gasteiger partial charge in [-0.25, -0.2) is 0 Å².